The van der Waals surface area contributed by atoms with Crippen LogP contribution >= 0.6 is 12.6 Å². The maximum Gasteiger partial charge on any atom is 0.124 e. The molecule has 0 aliphatic heterocycles. The Kier molecular flexibility index (Phi) is 2.50. The van der Waals surface area contributed by atoms with Crippen LogP contribution in [0.3, 0.4) is 0 Å². The van der Waals surface area contributed by atoms with Gasteiger partial charge in [0.25, 0.3) is 0 Å². The van der Waals surface area contributed by atoms with Gasteiger partial charge in [0, 0.05) is 5.75 Å². The summed E-state index contributed by atoms with van der Waals surface area (Å²) in [6.45, 7) is 0. The van der Waals surface area contributed by atoms with E-state index in [0.717, 1.165) is 5.56 Å². The van der Waals surface area contributed by atoms with Crippen molar-refractivity contribution >= 4 is 12.6 Å². The first-order valence-electron chi connectivity index (χ1n) is 3.06. The molecule has 0 bridgehead atoms. The van der Waals surface area contributed by atoms with E-state index in [1.807, 2.05) is 6.07 Å². The molecular weight excluding hydrogens is 161 g/mol. The third-order valence-electron chi connectivity index (χ3n) is 1.27. The average Bonchev–Trinajstić information content (AvgIpc) is 2.03. The molecule has 0 spiro atoms. The summed E-state index contributed by atoms with van der Waals surface area (Å²) in [5.74, 6) is 0.0694. The summed E-state index contributed by atoms with van der Waals surface area (Å²) in [4.78, 5) is 0. The van der Waals surface area contributed by atoms with Gasteiger partial charge in [0.05, 0.1) is 11.6 Å². The van der Waals surface area contributed by atoms with Crippen molar-refractivity contribution in [1.29, 1.82) is 5.26 Å². The fraction of sp³-hybridized carbons (Fsp3) is 0.125. The van der Waals surface area contributed by atoms with Crippen LogP contribution in [-0.2, 0) is 5.75 Å². The minimum Gasteiger partial charge on any atom is -0.207 e. The second-order valence-electron chi connectivity index (χ2n) is 2.12. The zero-order chi connectivity index (χ0) is 8.27. The monoisotopic (exact) mass is 167 g/mol. The highest BCUT2D eigenvalue weighted by Gasteiger charge is 1.97. The first kappa shape index (κ1) is 8.09. The Hall–Kier alpha value is -1.01. The molecule has 0 saturated carbocycles. The lowest BCUT2D eigenvalue weighted by atomic mass is 10.1. The molecule has 0 heterocycles. The summed E-state index contributed by atoms with van der Waals surface area (Å²) in [6, 6.07) is 6.06. The maximum absolute atomic E-state index is 12.6. The largest absolute Gasteiger partial charge is 0.207 e. The molecule has 0 aromatic heterocycles. The minimum absolute atomic E-state index is 0.342. The van der Waals surface area contributed by atoms with Gasteiger partial charge in [0.2, 0.25) is 0 Å². The van der Waals surface area contributed by atoms with Gasteiger partial charge in [-0.25, -0.2) is 4.39 Å². The summed E-state index contributed by atoms with van der Waals surface area (Å²) in [5, 5.41) is 8.44. The molecule has 0 atom stereocenters. The van der Waals surface area contributed by atoms with Crippen molar-refractivity contribution in [3.63, 3.8) is 0 Å². The summed E-state index contributed by atoms with van der Waals surface area (Å²) in [7, 11) is 0. The molecule has 11 heavy (non-hydrogen) atoms. The van der Waals surface area contributed by atoms with Crippen LogP contribution in [0.5, 0.6) is 0 Å². The van der Waals surface area contributed by atoms with Gasteiger partial charge in [0.15, 0.2) is 0 Å². The predicted molar refractivity (Wildman–Crippen MR) is 43.8 cm³/mol. The van der Waals surface area contributed by atoms with Crippen LogP contribution in [-0.4, -0.2) is 0 Å². The van der Waals surface area contributed by atoms with Crippen molar-refractivity contribution < 1.29 is 4.39 Å². The Balaban J connectivity index is 3.15. The van der Waals surface area contributed by atoms with E-state index in [-0.39, 0.29) is 5.82 Å². The highest BCUT2D eigenvalue weighted by Crippen LogP contribution is 2.09. The molecule has 0 N–H and O–H groups in total. The number of nitriles is 1. The van der Waals surface area contributed by atoms with Gasteiger partial charge < -0.3 is 0 Å². The summed E-state index contributed by atoms with van der Waals surface area (Å²) in [6.07, 6.45) is 0. The number of nitrogens with zero attached hydrogens (tertiary/aromatic N) is 1. The number of hydrogen-bond acceptors (Lipinski definition) is 2. The number of halogens is 1. The summed E-state index contributed by atoms with van der Waals surface area (Å²) in [5.41, 5.74) is 1.07. The molecule has 1 nitrogen and oxygen atoms in total. The fourth-order valence-electron chi connectivity index (χ4n) is 0.806. The molecule has 3 heteroatoms. The van der Waals surface area contributed by atoms with Gasteiger partial charge in [0.1, 0.15) is 5.82 Å². The van der Waals surface area contributed by atoms with Crippen LogP contribution in [0, 0.1) is 17.1 Å². The van der Waals surface area contributed by atoms with Crippen LogP contribution in [0.4, 0.5) is 4.39 Å². The van der Waals surface area contributed by atoms with E-state index in [2.05, 4.69) is 12.6 Å². The van der Waals surface area contributed by atoms with Crippen molar-refractivity contribution in [3.05, 3.63) is 35.1 Å². The maximum atomic E-state index is 12.6. The van der Waals surface area contributed by atoms with Gasteiger partial charge in [-0.05, 0) is 23.8 Å². The quantitative estimate of drug-likeness (QED) is 0.636. The highest BCUT2D eigenvalue weighted by molar-refractivity contribution is 7.79. The Bertz CT molecular complexity index is 303. The first-order chi connectivity index (χ1) is 5.26. The van der Waals surface area contributed by atoms with E-state index >= 15 is 0 Å². The lowest BCUT2D eigenvalue weighted by molar-refractivity contribution is 0.626. The van der Waals surface area contributed by atoms with Gasteiger partial charge in [-0.15, -0.1) is 0 Å². The molecule has 0 aliphatic carbocycles. The van der Waals surface area contributed by atoms with Crippen LogP contribution in [0.25, 0.3) is 0 Å². The second kappa shape index (κ2) is 3.40. The van der Waals surface area contributed by atoms with Gasteiger partial charge >= 0.3 is 0 Å². The Labute approximate surface area is 69.9 Å². The van der Waals surface area contributed by atoms with Crippen LogP contribution in [0.2, 0.25) is 0 Å². The zero-order valence-corrected chi connectivity index (χ0v) is 6.61. The van der Waals surface area contributed by atoms with Gasteiger partial charge in [-0.2, -0.15) is 17.9 Å². The molecule has 1 aromatic rings. The smallest absolute Gasteiger partial charge is 0.124 e. The van der Waals surface area contributed by atoms with Crippen molar-refractivity contribution in [3.8, 4) is 6.07 Å². The molecule has 1 rings (SSSR count). The molecule has 0 saturated heterocycles. The normalized spacial score (nSPS) is 9.18. The molecule has 0 amide bonds. The third kappa shape index (κ3) is 1.95. The van der Waals surface area contributed by atoms with Gasteiger partial charge in [-0.1, -0.05) is 0 Å². The van der Waals surface area contributed by atoms with E-state index in [0.29, 0.717) is 11.3 Å². The van der Waals surface area contributed by atoms with Crippen LogP contribution in [0.15, 0.2) is 18.2 Å². The Morgan fingerprint density at radius 3 is 2.73 bits per heavy atom. The van der Waals surface area contributed by atoms with E-state index in [1.54, 1.807) is 6.07 Å². The molecule has 0 aliphatic rings. The summed E-state index contributed by atoms with van der Waals surface area (Å²) < 4.78 is 12.6. The fourth-order valence-corrected chi connectivity index (χ4v) is 0.989. The van der Waals surface area contributed by atoms with Crippen LogP contribution in [0.1, 0.15) is 11.1 Å². The van der Waals surface area contributed by atoms with E-state index in [4.69, 9.17) is 5.26 Å². The number of thiol groups is 1. The standard InChI is InChI=1S/C8H6FNS/c9-8-2-6(4-10)1-7(3-8)5-11/h1-3,11H,5H2. The molecule has 1 aromatic carbocycles. The van der Waals surface area contributed by atoms with Crippen molar-refractivity contribution in [1.82, 2.24) is 0 Å². The number of hydrogen-bond donors (Lipinski definition) is 1. The third-order valence-corrected chi connectivity index (χ3v) is 1.63. The number of rotatable bonds is 1. The molecular formula is C8H6FNS. The minimum atomic E-state index is -0.381. The van der Waals surface area contributed by atoms with Crippen molar-refractivity contribution in [2.45, 2.75) is 5.75 Å². The lowest BCUT2D eigenvalue weighted by Gasteiger charge is -1.95. The Morgan fingerprint density at radius 2 is 2.18 bits per heavy atom. The second-order valence-corrected chi connectivity index (χ2v) is 2.43. The molecule has 56 valence electrons. The molecule has 0 radical (unpaired) electrons. The lowest BCUT2D eigenvalue weighted by Crippen LogP contribution is -1.84. The van der Waals surface area contributed by atoms with Crippen molar-refractivity contribution in [2.24, 2.45) is 0 Å². The van der Waals surface area contributed by atoms with E-state index in [9.17, 15) is 4.39 Å². The van der Waals surface area contributed by atoms with Crippen LogP contribution < -0.4 is 0 Å². The molecule has 0 fully saturated rings. The van der Waals surface area contributed by atoms with Crippen molar-refractivity contribution in [2.75, 3.05) is 0 Å². The average molecular weight is 167 g/mol. The first-order valence-corrected chi connectivity index (χ1v) is 3.70. The highest BCUT2D eigenvalue weighted by atomic mass is 32.1. The zero-order valence-electron chi connectivity index (χ0n) is 5.71. The topological polar surface area (TPSA) is 23.8 Å². The number of benzene rings is 1. The van der Waals surface area contributed by atoms with Gasteiger partial charge in [-0.3, -0.25) is 0 Å². The van der Waals surface area contributed by atoms with E-state index < -0.39 is 0 Å². The predicted octanol–water partition coefficient (Wildman–Crippen LogP) is 2.13. The SMILES string of the molecule is N#Cc1cc(F)cc(CS)c1. The summed E-state index contributed by atoms with van der Waals surface area (Å²) >= 11 is 3.97. The van der Waals surface area contributed by atoms with E-state index in [1.165, 1.54) is 12.1 Å². The molecule has 0 unspecified atom stereocenters. The Morgan fingerprint density at radius 1 is 1.45 bits per heavy atom.